The van der Waals surface area contributed by atoms with E-state index in [2.05, 4.69) is 4.99 Å². The summed E-state index contributed by atoms with van der Waals surface area (Å²) in [7, 11) is 1.59. The Balaban J connectivity index is 1.93. The molecule has 0 amide bonds. The Morgan fingerprint density at radius 2 is 1.88 bits per heavy atom. The van der Waals surface area contributed by atoms with Gasteiger partial charge in [-0.15, -0.1) is 0 Å². The van der Waals surface area contributed by atoms with Gasteiger partial charge in [0, 0.05) is 5.02 Å². The Kier molecular flexibility index (Phi) is 6.30. The van der Waals surface area contributed by atoms with E-state index in [1.807, 2.05) is 24.3 Å². The van der Waals surface area contributed by atoms with Crippen LogP contribution in [0.4, 0.5) is 0 Å². The first-order valence-corrected chi connectivity index (χ1v) is 11.2. The number of rotatable bonds is 5. The third-order valence-corrected chi connectivity index (χ3v) is 6.35. The first kappa shape index (κ1) is 22.0. The summed E-state index contributed by atoms with van der Waals surface area (Å²) in [6.07, 6.45) is 1.80. The fraction of sp³-hybridized carbons (Fsp3) is 0.208. The smallest absolute Gasteiger partial charge is 0.338 e. The molecule has 1 aliphatic heterocycles. The van der Waals surface area contributed by atoms with Gasteiger partial charge < -0.3 is 9.47 Å². The molecular weight excluding hydrogens is 448 g/mol. The molecule has 0 spiro atoms. The van der Waals surface area contributed by atoms with Crippen LogP contribution in [0.5, 0.6) is 5.75 Å². The van der Waals surface area contributed by atoms with Crippen molar-refractivity contribution in [3.05, 3.63) is 95.6 Å². The molecule has 1 aliphatic rings. The third-order valence-electron chi connectivity index (χ3n) is 5.12. The van der Waals surface area contributed by atoms with E-state index in [4.69, 9.17) is 21.1 Å². The first-order chi connectivity index (χ1) is 15.4. The van der Waals surface area contributed by atoms with Crippen LogP contribution in [0.3, 0.4) is 0 Å². The molecule has 6 nitrogen and oxygen atoms in total. The lowest BCUT2D eigenvalue weighted by atomic mass is 9.96. The number of halogens is 1. The predicted octanol–water partition coefficient (Wildman–Crippen LogP) is 3.46. The highest BCUT2D eigenvalue weighted by Crippen LogP contribution is 2.31. The number of benzene rings is 2. The zero-order valence-electron chi connectivity index (χ0n) is 17.8. The molecule has 164 valence electrons. The summed E-state index contributed by atoms with van der Waals surface area (Å²) in [4.78, 5) is 31.5. The van der Waals surface area contributed by atoms with Crippen LogP contribution in [0.15, 0.2) is 69.6 Å². The van der Waals surface area contributed by atoms with Crippen molar-refractivity contribution in [3.8, 4) is 5.75 Å². The van der Waals surface area contributed by atoms with E-state index in [1.165, 1.54) is 11.3 Å². The molecule has 0 fully saturated rings. The van der Waals surface area contributed by atoms with E-state index in [0.29, 0.717) is 31.4 Å². The number of aromatic nitrogens is 1. The fourth-order valence-corrected chi connectivity index (χ4v) is 4.78. The van der Waals surface area contributed by atoms with Crippen LogP contribution in [0.25, 0.3) is 6.08 Å². The van der Waals surface area contributed by atoms with Gasteiger partial charge in [-0.2, -0.15) is 0 Å². The summed E-state index contributed by atoms with van der Waals surface area (Å²) in [6.45, 7) is 3.74. The lowest BCUT2D eigenvalue weighted by molar-refractivity contribution is -0.139. The summed E-state index contributed by atoms with van der Waals surface area (Å²) >= 11 is 7.26. The summed E-state index contributed by atoms with van der Waals surface area (Å²) in [5.41, 5.74) is 2.27. The maximum atomic E-state index is 13.5. The van der Waals surface area contributed by atoms with Crippen LogP contribution < -0.4 is 19.6 Å². The van der Waals surface area contributed by atoms with Gasteiger partial charge in [0.15, 0.2) is 4.80 Å². The van der Waals surface area contributed by atoms with Crippen LogP contribution in [0.2, 0.25) is 5.02 Å². The molecule has 0 N–H and O–H groups in total. The van der Waals surface area contributed by atoms with Crippen molar-refractivity contribution in [2.75, 3.05) is 13.7 Å². The molecule has 32 heavy (non-hydrogen) atoms. The van der Waals surface area contributed by atoms with Gasteiger partial charge in [-0.1, -0.05) is 47.2 Å². The highest BCUT2D eigenvalue weighted by atomic mass is 35.5. The van der Waals surface area contributed by atoms with Crippen LogP contribution in [0, 0.1) is 0 Å². The molecule has 0 bridgehead atoms. The molecule has 1 atom stereocenters. The molecule has 0 saturated heterocycles. The van der Waals surface area contributed by atoms with Crippen molar-refractivity contribution in [2.45, 2.75) is 19.9 Å². The summed E-state index contributed by atoms with van der Waals surface area (Å²) in [6, 6.07) is 13.9. The van der Waals surface area contributed by atoms with Crippen molar-refractivity contribution in [1.29, 1.82) is 0 Å². The zero-order valence-corrected chi connectivity index (χ0v) is 19.4. The van der Waals surface area contributed by atoms with Crippen molar-refractivity contribution < 1.29 is 14.3 Å². The Labute approximate surface area is 193 Å². The minimum Gasteiger partial charge on any atom is -0.497 e. The number of thiazole rings is 1. The molecule has 4 rings (SSSR count). The second kappa shape index (κ2) is 9.14. The molecule has 0 saturated carbocycles. The average molecular weight is 469 g/mol. The van der Waals surface area contributed by atoms with Crippen LogP contribution in [0.1, 0.15) is 31.0 Å². The number of carbonyl (C=O) groups excluding carboxylic acids is 1. The first-order valence-electron chi connectivity index (χ1n) is 10.0. The predicted molar refractivity (Wildman–Crippen MR) is 125 cm³/mol. The highest BCUT2D eigenvalue weighted by molar-refractivity contribution is 7.07. The summed E-state index contributed by atoms with van der Waals surface area (Å²) in [5, 5.41) is 0.623. The van der Waals surface area contributed by atoms with Crippen LogP contribution >= 0.6 is 22.9 Å². The number of esters is 1. The van der Waals surface area contributed by atoms with Crippen molar-refractivity contribution in [1.82, 2.24) is 4.57 Å². The molecule has 3 aromatic rings. The number of hydrogen-bond acceptors (Lipinski definition) is 6. The molecule has 8 heteroatoms. The molecule has 0 aliphatic carbocycles. The van der Waals surface area contributed by atoms with E-state index in [-0.39, 0.29) is 12.2 Å². The number of ether oxygens (including phenoxy) is 2. The van der Waals surface area contributed by atoms with Gasteiger partial charge >= 0.3 is 5.97 Å². The van der Waals surface area contributed by atoms with Gasteiger partial charge in [-0.05, 0) is 55.3 Å². The second-order valence-corrected chi connectivity index (χ2v) is 8.57. The average Bonchev–Trinajstić information content (AvgIpc) is 3.09. The lowest BCUT2D eigenvalue weighted by Crippen LogP contribution is -2.39. The van der Waals surface area contributed by atoms with Gasteiger partial charge in [0.2, 0.25) is 0 Å². The SMILES string of the molecule is CCOC(=O)C1=C(C)N=c2sc(=Cc3ccc(Cl)cc3)c(=O)n2C1c1ccc(OC)cc1. The second-order valence-electron chi connectivity index (χ2n) is 7.13. The molecule has 2 aromatic carbocycles. The van der Waals surface area contributed by atoms with Crippen molar-refractivity contribution in [2.24, 2.45) is 4.99 Å². The zero-order chi connectivity index (χ0) is 22.8. The van der Waals surface area contributed by atoms with Gasteiger partial charge in [0.1, 0.15) is 5.75 Å². The molecule has 2 heterocycles. The number of nitrogens with zero attached hydrogens (tertiary/aromatic N) is 2. The molecular formula is C24H21ClN2O4S. The van der Waals surface area contributed by atoms with Crippen LogP contribution in [-0.2, 0) is 9.53 Å². The lowest BCUT2D eigenvalue weighted by Gasteiger charge is -2.24. The number of allylic oxidation sites excluding steroid dienone is 1. The van der Waals surface area contributed by atoms with Crippen molar-refractivity contribution >= 4 is 35.0 Å². The monoisotopic (exact) mass is 468 g/mol. The van der Waals surface area contributed by atoms with Crippen molar-refractivity contribution in [3.63, 3.8) is 0 Å². The maximum Gasteiger partial charge on any atom is 0.338 e. The number of fused-ring (bicyclic) bond motifs is 1. The summed E-state index contributed by atoms with van der Waals surface area (Å²) in [5.74, 6) is 0.198. The topological polar surface area (TPSA) is 69.9 Å². The van der Waals surface area contributed by atoms with E-state index in [0.717, 1.165) is 11.1 Å². The van der Waals surface area contributed by atoms with Gasteiger partial charge in [-0.25, -0.2) is 9.79 Å². The van der Waals surface area contributed by atoms with Gasteiger partial charge in [0.05, 0.1) is 35.6 Å². The number of hydrogen-bond donors (Lipinski definition) is 0. The largest absolute Gasteiger partial charge is 0.497 e. The highest BCUT2D eigenvalue weighted by Gasteiger charge is 2.33. The Morgan fingerprint density at radius 1 is 1.19 bits per heavy atom. The molecule has 1 aromatic heterocycles. The van der Waals surface area contributed by atoms with Gasteiger partial charge in [-0.3, -0.25) is 9.36 Å². The van der Waals surface area contributed by atoms with Crippen LogP contribution in [-0.4, -0.2) is 24.3 Å². The molecule has 1 unspecified atom stereocenters. The minimum atomic E-state index is -0.649. The van der Waals surface area contributed by atoms with Gasteiger partial charge in [0.25, 0.3) is 5.56 Å². The number of methoxy groups -OCH3 is 1. The normalized spacial score (nSPS) is 15.9. The quantitative estimate of drug-likeness (QED) is 0.538. The Bertz CT molecular complexity index is 1370. The van der Waals surface area contributed by atoms with E-state index >= 15 is 0 Å². The summed E-state index contributed by atoms with van der Waals surface area (Å²) < 4.78 is 12.6. The van der Waals surface area contributed by atoms with E-state index in [1.54, 1.807) is 55.9 Å². The Hall–Kier alpha value is -3.16. The third kappa shape index (κ3) is 4.13. The standard InChI is InChI=1S/C24H21ClN2O4S/c1-4-31-23(29)20-14(2)26-24-27(21(20)16-7-11-18(30-3)12-8-16)22(28)19(32-24)13-15-5-9-17(25)10-6-15/h5-13,21H,4H2,1-3H3. The molecule has 0 radical (unpaired) electrons. The minimum absolute atomic E-state index is 0.223. The maximum absolute atomic E-state index is 13.5. The van der Waals surface area contributed by atoms with E-state index < -0.39 is 12.0 Å². The Morgan fingerprint density at radius 3 is 2.50 bits per heavy atom. The number of carbonyl (C=O) groups is 1. The van der Waals surface area contributed by atoms with E-state index in [9.17, 15) is 9.59 Å². The fourth-order valence-electron chi connectivity index (χ4n) is 3.60.